The van der Waals surface area contributed by atoms with Gasteiger partial charge in [0.05, 0.1) is 5.02 Å². The van der Waals surface area contributed by atoms with Crippen molar-refractivity contribution >= 4 is 40.8 Å². The highest BCUT2D eigenvalue weighted by Gasteiger charge is 2.17. The molecule has 2 aromatic rings. The number of anilines is 1. The molecule has 1 aromatic heterocycles. The number of rotatable bonds is 6. The van der Waals surface area contributed by atoms with Crippen LogP contribution in [0.4, 0.5) is 5.69 Å². The number of benzene rings is 1. The molecule has 0 aliphatic heterocycles. The van der Waals surface area contributed by atoms with Gasteiger partial charge in [0.2, 0.25) is 0 Å². The number of amides is 1. The number of carbonyl (C=O) groups excluding carboxylic acids is 2. The number of halogens is 2. The van der Waals surface area contributed by atoms with Crippen LogP contribution < -0.4 is 5.32 Å². The molecule has 25 heavy (non-hydrogen) atoms. The van der Waals surface area contributed by atoms with E-state index >= 15 is 0 Å². The lowest BCUT2D eigenvalue weighted by Gasteiger charge is -2.14. The molecule has 1 heterocycles. The number of aromatic nitrogens is 1. The van der Waals surface area contributed by atoms with Crippen LogP contribution in [0, 0.1) is 0 Å². The summed E-state index contributed by atoms with van der Waals surface area (Å²) in [5, 5.41) is 3.04. The normalized spacial score (nSPS) is 10.4. The Morgan fingerprint density at radius 1 is 1.08 bits per heavy atom. The van der Waals surface area contributed by atoms with Gasteiger partial charge in [-0.1, -0.05) is 55.2 Å². The standard InChI is InChI=1S/C18H18Cl2N2O3/c1-3-11-6-5-7-12(4-2)16(11)22-15(23)10-25-18(24)17-13(19)8-9-14(20)21-17/h5-9H,3-4,10H2,1-2H3,(H,22,23). The van der Waals surface area contributed by atoms with E-state index in [-0.39, 0.29) is 15.9 Å². The molecule has 1 N–H and O–H groups in total. The van der Waals surface area contributed by atoms with E-state index in [1.54, 1.807) is 0 Å². The van der Waals surface area contributed by atoms with E-state index in [1.165, 1.54) is 12.1 Å². The fourth-order valence-corrected chi connectivity index (χ4v) is 2.67. The van der Waals surface area contributed by atoms with Gasteiger partial charge in [-0.2, -0.15) is 0 Å². The van der Waals surface area contributed by atoms with Crippen molar-refractivity contribution in [1.29, 1.82) is 0 Å². The number of para-hydroxylation sites is 1. The highest BCUT2D eigenvalue weighted by atomic mass is 35.5. The summed E-state index contributed by atoms with van der Waals surface area (Å²) in [6.45, 7) is 3.58. The Balaban J connectivity index is 2.04. The van der Waals surface area contributed by atoms with Gasteiger partial charge in [0.25, 0.3) is 5.91 Å². The van der Waals surface area contributed by atoms with Gasteiger partial charge < -0.3 is 10.1 Å². The number of pyridine rings is 1. The van der Waals surface area contributed by atoms with Crippen LogP contribution in [0.1, 0.15) is 35.5 Å². The monoisotopic (exact) mass is 380 g/mol. The number of esters is 1. The molecule has 0 fully saturated rings. The van der Waals surface area contributed by atoms with Crippen molar-refractivity contribution in [3.05, 3.63) is 57.3 Å². The summed E-state index contributed by atoms with van der Waals surface area (Å²) in [6, 6.07) is 8.77. The molecule has 0 bridgehead atoms. The molecule has 5 nitrogen and oxygen atoms in total. The number of hydrogen-bond donors (Lipinski definition) is 1. The third kappa shape index (κ3) is 4.94. The number of aryl methyl sites for hydroxylation is 2. The van der Waals surface area contributed by atoms with Crippen LogP contribution in [0.5, 0.6) is 0 Å². The maximum Gasteiger partial charge on any atom is 0.359 e. The largest absolute Gasteiger partial charge is 0.451 e. The molecule has 132 valence electrons. The van der Waals surface area contributed by atoms with Gasteiger partial charge in [0.15, 0.2) is 12.3 Å². The minimum Gasteiger partial charge on any atom is -0.451 e. The van der Waals surface area contributed by atoms with Crippen molar-refractivity contribution < 1.29 is 14.3 Å². The summed E-state index contributed by atoms with van der Waals surface area (Å²) >= 11 is 11.6. The van der Waals surface area contributed by atoms with E-state index in [0.717, 1.165) is 29.7 Å². The molecule has 7 heteroatoms. The van der Waals surface area contributed by atoms with Gasteiger partial charge >= 0.3 is 5.97 Å². The lowest BCUT2D eigenvalue weighted by molar-refractivity contribution is -0.119. The Bertz CT molecular complexity index is 772. The summed E-state index contributed by atoms with van der Waals surface area (Å²) in [5.41, 5.74) is 2.70. The lowest BCUT2D eigenvalue weighted by Crippen LogP contribution is -2.22. The maximum absolute atomic E-state index is 12.2. The molecule has 0 spiro atoms. The number of nitrogens with zero attached hydrogens (tertiary/aromatic N) is 1. The van der Waals surface area contributed by atoms with Gasteiger partial charge in [-0.05, 0) is 36.1 Å². The first-order valence-electron chi connectivity index (χ1n) is 7.86. The summed E-state index contributed by atoms with van der Waals surface area (Å²) in [4.78, 5) is 28.0. The SMILES string of the molecule is CCc1cccc(CC)c1NC(=O)COC(=O)c1nc(Cl)ccc1Cl. The van der Waals surface area contributed by atoms with E-state index in [1.807, 2.05) is 32.0 Å². The molecule has 0 radical (unpaired) electrons. The van der Waals surface area contributed by atoms with Crippen LogP contribution >= 0.6 is 23.2 Å². The van der Waals surface area contributed by atoms with Crippen LogP contribution in [0.3, 0.4) is 0 Å². The third-order valence-electron chi connectivity index (χ3n) is 3.60. The predicted octanol–water partition coefficient (Wildman–Crippen LogP) is 4.31. The van der Waals surface area contributed by atoms with E-state index in [2.05, 4.69) is 10.3 Å². The number of nitrogens with one attached hydrogen (secondary N) is 1. The van der Waals surface area contributed by atoms with E-state index < -0.39 is 18.5 Å². The predicted molar refractivity (Wildman–Crippen MR) is 98.4 cm³/mol. The van der Waals surface area contributed by atoms with Gasteiger partial charge in [-0.25, -0.2) is 9.78 Å². The molecule has 1 amide bonds. The highest BCUT2D eigenvalue weighted by molar-refractivity contribution is 6.34. The van der Waals surface area contributed by atoms with Crippen molar-refractivity contribution in [2.75, 3.05) is 11.9 Å². The second-order valence-corrected chi connectivity index (χ2v) is 6.04. The van der Waals surface area contributed by atoms with Crippen molar-refractivity contribution in [3.8, 4) is 0 Å². The summed E-state index contributed by atoms with van der Waals surface area (Å²) in [5.74, 6) is -1.23. The summed E-state index contributed by atoms with van der Waals surface area (Å²) in [6.07, 6.45) is 1.57. The quantitative estimate of drug-likeness (QED) is 0.598. The second kappa shape index (κ2) is 8.83. The fraction of sp³-hybridized carbons (Fsp3) is 0.278. The smallest absolute Gasteiger partial charge is 0.359 e. The maximum atomic E-state index is 12.2. The molecule has 2 rings (SSSR count). The Kier molecular flexibility index (Phi) is 6.79. The minimum absolute atomic E-state index is 0.111. The van der Waals surface area contributed by atoms with Gasteiger partial charge in [0, 0.05) is 5.69 Å². The molecule has 0 aliphatic carbocycles. The first kappa shape index (κ1) is 19.2. The van der Waals surface area contributed by atoms with Gasteiger partial charge in [0.1, 0.15) is 5.15 Å². The third-order valence-corrected chi connectivity index (χ3v) is 4.12. The first-order chi connectivity index (χ1) is 12.0. The highest BCUT2D eigenvalue weighted by Crippen LogP contribution is 2.22. The summed E-state index contributed by atoms with van der Waals surface area (Å²) in [7, 11) is 0. The second-order valence-electron chi connectivity index (χ2n) is 5.25. The Labute approximate surface area is 156 Å². The topological polar surface area (TPSA) is 68.3 Å². The molecule has 0 saturated carbocycles. The van der Waals surface area contributed by atoms with Crippen molar-refractivity contribution in [1.82, 2.24) is 4.98 Å². The fourth-order valence-electron chi connectivity index (χ4n) is 2.34. The Morgan fingerprint density at radius 2 is 1.72 bits per heavy atom. The van der Waals surface area contributed by atoms with Crippen LogP contribution in [0.25, 0.3) is 0 Å². The Morgan fingerprint density at radius 3 is 2.32 bits per heavy atom. The van der Waals surface area contributed by atoms with Gasteiger partial charge in [-0.3, -0.25) is 4.79 Å². The van der Waals surface area contributed by atoms with Crippen LogP contribution in [-0.4, -0.2) is 23.5 Å². The zero-order chi connectivity index (χ0) is 18.4. The van der Waals surface area contributed by atoms with Crippen molar-refractivity contribution in [2.45, 2.75) is 26.7 Å². The van der Waals surface area contributed by atoms with Crippen molar-refractivity contribution in [3.63, 3.8) is 0 Å². The molecule has 1 aromatic carbocycles. The lowest BCUT2D eigenvalue weighted by atomic mass is 10.0. The molecular formula is C18H18Cl2N2O3. The van der Waals surface area contributed by atoms with Crippen LogP contribution in [0.15, 0.2) is 30.3 Å². The van der Waals surface area contributed by atoms with Crippen LogP contribution in [-0.2, 0) is 22.4 Å². The molecule has 0 unspecified atom stereocenters. The zero-order valence-electron chi connectivity index (χ0n) is 13.9. The minimum atomic E-state index is -0.804. The molecule has 0 atom stereocenters. The zero-order valence-corrected chi connectivity index (χ0v) is 15.4. The van der Waals surface area contributed by atoms with E-state index in [9.17, 15) is 9.59 Å². The van der Waals surface area contributed by atoms with Gasteiger partial charge in [-0.15, -0.1) is 0 Å². The summed E-state index contributed by atoms with van der Waals surface area (Å²) < 4.78 is 4.99. The number of hydrogen-bond acceptors (Lipinski definition) is 4. The number of ether oxygens (including phenoxy) is 1. The number of carbonyl (C=O) groups is 2. The molecular weight excluding hydrogens is 363 g/mol. The molecule has 0 saturated heterocycles. The van der Waals surface area contributed by atoms with Crippen molar-refractivity contribution in [2.24, 2.45) is 0 Å². The van der Waals surface area contributed by atoms with E-state index in [4.69, 9.17) is 27.9 Å². The van der Waals surface area contributed by atoms with E-state index in [0.29, 0.717) is 0 Å². The average Bonchev–Trinajstić information content (AvgIpc) is 2.61. The average molecular weight is 381 g/mol. The first-order valence-corrected chi connectivity index (χ1v) is 8.61. The molecule has 0 aliphatic rings. The van der Waals surface area contributed by atoms with Crippen LogP contribution in [0.2, 0.25) is 10.2 Å². The Hall–Kier alpha value is -2.11.